The highest BCUT2D eigenvalue weighted by molar-refractivity contribution is 8.14. The second-order valence-corrected chi connectivity index (χ2v) is 10.2. The summed E-state index contributed by atoms with van der Waals surface area (Å²) in [4.78, 5) is 21.3. The lowest BCUT2D eigenvalue weighted by molar-refractivity contribution is 0.253. The van der Waals surface area contributed by atoms with Crippen molar-refractivity contribution in [1.29, 1.82) is 0 Å². The molecule has 40 heavy (non-hydrogen) atoms. The lowest BCUT2D eigenvalue weighted by atomic mass is 9.96. The molecule has 0 aliphatic rings. The van der Waals surface area contributed by atoms with Gasteiger partial charge in [0.1, 0.15) is 24.3 Å². The molecule has 5 rings (SSSR count). The maximum atomic E-state index is 15.0. The number of nitrogens with two attached hydrogens (primary N) is 1. The summed E-state index contributed by atoms with van der Waals surface area (Å²) in [5.41, 5.74) is 8.57. The molecule has 1 aromatic carbocycles. The SMILES string of the molecule is C[C@](Cc1cc(Nc2nccc3nc(OCc4ncco4)cnc23)ccc1F)(S/C(N)=N\CCF)c1c[nH]nn1. The molecule has 0 unspecified atom stereocenters. The van der Waals surface area contributed by atoms with E-state index >= 15 is 4.39 Å². The minimum absolute atomic E-state index is 0.0583. The van der Waals surface area contributed by atoms with Gasteiger partial charge in [-0.05, 0) is 43.2 Å². The second-order valence-electron chi connectivity index (χ2n) is 8.66. The number of thioether (sulfide) groups is 1. The first-order chi connectivity index (χ1) is 19.4. The van der Waals surface area contributed by atoms with Gasteiger partial charge in [0.2, 0.25) is 11.8 Å². The van der Waals surface area contributed by atoms with E-state index < -0.39 is 17.2 Å². The van der Waals surface area contributed by atoms with Crippen LogP contribution in [0.5, 0.6) is 5.88 Å². The fourth-order valence-electron chi connectivity index (χ4n) is 3.89. The Labute approximate surface area is 230 Å². The third-order valence-corrected chi connectivity index (χ3v) is 6.88. The molecule has 1 atom stereocenters. The number of amidine groups is 1. The quantitative estimate of drug-likeness (QED) is 0.156. The van der Waals surface area contributed by atoms with Crippen LogP contribution in [0.3, 0.4) is 0 Å². The third kappa shape index (κ3) is 6.31. The number of hydrogen-bond acceptors (Lipinski definition) is 11. The summed E-state index contributed by atoms with van der Waals surface area (Å²) in [5.74, 6) is 0.724. The van der Waals surface area contributed by atoms with Gasteiger partial charge >= 0.3 is 0 Å². The monoisotopic (exact) mass is 566 g/mol. The largest absolute Gasteiger partial charge is 0.467 e. The van der Waals surface area contributed by atoms with Crippen LogP contribution in [0, 0.1) is 5.82 Å². The predicted octanol–water partition coefficient (Wildman–Crippen LogP) is 4.07. The number of aromatic nitrogens is 7. The number of hydrogen-bond donors (Lipinski definition) is 3. The number of alkyl halides is 1. The summed E-state index contributed by atoms with van der Waals surface area (Å²) in [7, 11) is 0. The summed E-state index contributed by atoms with van der Waals surface area (Å²) in [5, 5.41) is 13.9. The molecule has 5 aromatic rings. The molecule has 15 heteroatoms. The molecule has 0 saturated heterocycles. The molecule has 0 aliphatic heterocycles. The van der Waals surface area contributed by atoms with E-state index in [-0.39, 0.29) is 24.7 Å². The summed E-state index contributed by atoms with van der Waals surface area (Å²) >= 11 is 1.16. The molecular formula is C25H24F2N10O2S. The highest BCUT2D eigenvalue weighted by atomic mass is 32.2. The van der Waals surface area contributed by atoms with Gasteiger partial charge in [-0.1, -0.05) is 17.0 Å². The van der Waals surface area contributed by atoms with E-state index in [9.17, 15) is 4.39 Å². The summed E-state index contributed by atoms with van der Waals surface area (Å²) in [6, 6.07) is 6.33. The zero-order chi connectivity index (χ0) is 28.0. The van der Waals surface area contributed by atoms with Crippen LogP contribution in [0.1, 0.15) is 24.1 Å². The van der Waals surface area contributed by atoms with Crippen molar-refractivity contribution >= 4 is 39.5 Å². The molecule has 0 fully saturated rings. The van der Waals surface area contributed by atoms with Crippen LogP contribution < -0.4 is 15.8 Å². The minimum Gasteiger partial charge on any atom is -0.467 e. The number of halogens is 2. The molecule has 12 nitrogen and oxygen atoms in total. The van der Waals surface area contributed by atoms with Crippen LogP contribution in [0.25, 0.3) is 11.0 Å². The molecule has 0 aliphatic carbocycles. The normalized spacial score (nSPS) is 13.3. The standard InChI is InChI=1S/C25H24F2N10O2S/c1-25(19-12-33-37-36-19,40-24(28)31-7-5-26)11-15-10-16(2-3-17(15)27)34-23-22-18(4-6-30-23)35-20(13-32-22)39-14-21-29-8-9-38-21/h2-4,6,8-10,12-13H,5,7,11,14H2,1H3,(H2,28,31)(H,30,34)(H,33,36,37)/t25-/m1/s1. The third-order valence-electron chi connectivity index (χ3n) is 5.74. The van der Waals surface area contributed by atoms with Crippen LogP contribution in [0.4, 0.5) is 20.3 Å². The van der Waals surface area contributed by atoms with Crippen LogP contribution in [-0.4, -0.2) is 53.7 Å². The predicted molar refractivity (Wildman–Crippen MR) is 145 cm³/mol. The minimum atomic E-state index is -0.846. The van der Waals surface area contributed by atoms with E-state index in [0.29, 0.717) is 45.6 Å². The van der Waals surface area contributed by atoms with Gasteiger partial charge in [-0.15, -0.1) is 5.10 Å². The number of nitrogens with zero attached hydrogens (tertiary/aromatic N) is 7. The van der Waals surface area contributed by atoms with Crippen molar-refractivity contribution in [3.63, 3.8) is 0 Å². The fraction of sp³-hybridized carbons (Fsp3) is 0.240. The first kappa shape index (κ1) is 26.9. The average Bonchev–Trinajstić information content (AvgIpc) is 3.68. The van der Waals surface area contributed by atoms with Crippen LogP contribution >= 0.6 is 11.8 Å². The van der Waals surface area contributed by atoms with Gasteiger partial charge in [-0.25, -0.2) is 28.7 Å². The zero-order valence-corrected chi connectivity index (χ0v) is 22.0. The maximum Gasteiger partial charge on any atom is 0.233 e. The molecular weight excluding hydrogens is 542 g/mol. The molecule has 0 saturated carbocycles. The highest BCUT2D eigenvalue weighted by Gasteiger charge is 2.33. The van der Waals surface area contributed by atoms with Crippen molar-refractivity contribution in [2.75, 3.05) is 18.5 Å². The Kier molecular flexibility index (Phi) is 8.10. The Hall–Kier alpha value is -4.66. The van der Waals surface area contributed by atoms with Gasteiger partial charge in [0.15, 0.2) is 17.6 Å². The Morgan fingerprint density at radius 1 is 1.25 bits per heavy atom. The number of ether oxygens (including phenoxy) is 1. The van der Waals surface area contributed by atoms with Gasteiger partial charge in [-0.2, -0.15) is 0 Å². The number of aliphatic imine (C=N–C) groups is 1. The first-order valence-electron chi connectivity index (χ1n) is 12.0. The second kappa shape index (κ2) is 12.0. The van der Waals surface area contributed by atoms with E-state index in [1.807, 2.05) is 6.92 Å². The van der Waals surface area contributed by atoms with Gasteiger partial charge < -0.3 is 20.2 Å². The van der Waals surface area contributed by atoms with Gasteiger partial charge in [0.05, 0.1) is 34.9 Å². The summed E-state index contributed by atoms with van der Waals surface area (Å²) < 4.78 is 37.6. The number of nitrogens with one attached hydrogen (secondary N) is 2. The van der Waals surface area contributed by atoms with Crippen LogP contribution in [-0.2, 0) is 17.8 Å². The van der Waals surface area contributed by atoms with Crippen molar-refractivity contribution in [3.05, 3.63) is 78.3 Å². The van der Waals surface area contributed by atoms with E-state index in [0.717, 1.165) is 11.8 Å². The van der Waals surface area contributed by atoms with E-state index in [1.54, 1.807) is 30.6 Å². The van der Waals surface area contributed by atoms with Crippen LogP contribution in [0.2, 0.25) is 0 Å². The number of H-pyrrole nitrogens is 1. The maximum absolute atomic E-state index is 15.0. The first-order valence-corrected chi connectivity index (χ1v) is 12.9. The van der Waals surface area contributed by atoms with Crippen molar-refractivity contribution in [2.24, 2.45) is 10.7 Å². The molecule has 4 heterocycles. The van der Waals surface area contributed by atoms with Crippen molar-refractivity contribution < 1.29 is 17.9 Å². The van der Waals surface area contributed by atoms with Crippen LogP contribution in [0.15, 0.2) is 64.7 Å². The smallest absolute Gasteiger partial charge is 0.233 e. The van der Waals surface area contributed by atoms with Gasteiger partial charge in [-0.3, -0.25) is 10.1 Å². The molecule has 0 bridgehead atoms. The number of oxazole rings is 1. The molecule has 4 aromatic heterocycles. The Balaban J connectivity index is 1.38. The summed E-state index contributed by atoms with van der Waals surface area (Å²) in [6.07, 6.45) is 7.84. The molecule has 0 spiro atoms. The average molecular weight is 567 g/mol. The Morgan fingerprint density at radius 3 is 2.92 bits per heavy atom. The highest BCUT2D eigenvalue weighted by Crippen LogP contribution is 2.39. The number of pyridine rings is 1. The lowest BCUT2D eigenvalue weighted by Gasteiger charge is -2.26. The van der Waals surface area contributed by atoms with E-state index in [4.69, 9.17) is 14.9 Å². The van der Waals surface area contributed by atoms with E-state index in [2.05, 4.69) is 45.7 Å². The number of rotatable bonds is 11. The number of fused-ring (bicyclic) bond motifs is 1. The van der Waals surface area contributed by atoms with Crippen molar-refractivity contribution in [2.45, 2.75) is 24.7 Å². The topological polar surface area (TPSA) is 166 Å². The fourth-order valence-corrected chi connectivity index (χ4v) is 4.94. The molecule has 0 amide bonds. The summed E-state index contributed by atoms with van der Waals surface area (Å²) in [6.45, 7) is 1.27. The lowest BCUT2D eigenvalue weighted by Crippen LogP contribution is -2.27. The zero-order valence-electron chi connectivity index (χ0n) is 21.2. The number of aromatic amines is 1. The number of anilines is 2. The van der Waals surface area contributed by atoms with Crippen molar-refractivity contribution in [1.82, 2.24) is 35.3 Å². The Bertz CT molecular complexity index is 1600. The van der Waals surface area contributed by atoms with E-state index in [1.165, 1.54) is 24.7 Å². The molecule has 0 radical (unpaired) electrons. The Morgan fingerprint density at radius 2 is 2.15 bits per heavy atom. The van der Waals surface area contributed by atoms with Gasteiger partial charge in [0.25, 0.3) is 0 Å². The van der Waals surface area contributed by atoms with Gasteiger partial charge in [0, 0.05) is 18.1 Å². The molecule has 206 valence electrons. The van der Waals surface area contributed by atoms with Crippen molar-refractivity contribution in [3.8, 4) is 5.88 Å². The number of benzene rings is 1. The molecule has 4 N–H and O–H groups in total.